The fraction of sp³-hybridized carbons (Fsp3) is 0.231. The first-order valence-corrected chi connectivity index (χ1v) is 6.80. The Morgan fingerprint density at radius 2 is 1.95 bits per heavy atom. The van der Waals surface area contributed by atoms with Crippen LogP contribution in [-0.4, -0.2) is 37.7 Å². The van der Waals surface area contributed by atoms with Crippen molar-refractivity contribution >= 4 is 23.1 Å². The largest absolute Gasteiger partial charge is 0.350 e. The number of tetrazole rings is 1. The van der Waals surface area contributed by atoms with Gasteiger partial charge in [0.2, 0.25) is 0 Å². The van der Waals surface area contributed by atoms with Crippen LogP contribution in [0.5, 0.6) is 0 Å². The van der Waals surface area contributed by atoms with Gasteiger partial charge in [-0.15, -0.1) is 26.4 Å². The van der Waals surface area contributed by atoms with Crippen LogP contribution in [0.3, 0.4) is 0 Å². The Hall–Kier alpha value is -2.21. The molecule has 0 spiro atoms. The lowest BCUT2D eigenvalue weighted by molar-refractivity contribution is 0.709. The quantitative estimate of drug-likeness (QED) is 0.670. The highest BCUT2D eigenvalue weighted by Crippen LogP contribution is 2.14. The zero-order valence-electron chi connectivity index (χ0n) is 10.7. The fourth-order valence-corrected chi connectivity index (χ4v) is 2.19. The molecule has 0 bridgehead atoms. The van der Waals surface area contributed by atoms with Crippen LogP contribution in [0.1, 0.15) is 5.56 Å². The number of aromatic nitrogens is 5. The van der Waals surface area contributed by atoms with Gasteiger partial charge in [0.15, 0.2) is 11.5 Å². The summed E-state index contributed by atoms with van der Waals surface area (Å²) < 4.78 is 1.42. The Bertz CT molecular complexity index is 683. The Kier molecular flexibility index (Phi) is 3.73. The third-order valence-corrected chi connectivity index (χ3v) is 3.12. The highest BCUT2D eigenvalue weighted by atomic mass is 35.5. The van der Waals surface area contributed by atoms with Crippen molar-refractivity contribution in [2.45, 2.75) is 6.54 Å². The standard InChI is InChI=1S/C13H13ClN6/c14-8-9-19(10-11-4-2-1-3-5-11)13-7-6-12-15-17-18-20(12)16-13/h1-7H,8-10H2. The van der Waals surface area contributed by atoms with Crippen molar-refractivity contribution in [3.63, 3.8) is 0 Å². The molecule has 0 atom stereocenters. The van der Waals surface area contributed by atoms with E-state index in [9.17, 15) is 0 Å². The van der Waals surface area contributed by atoms with E-state index >= 15 is 0 Å². The van der Waals surface area contributed by atoms with Crippen LogP contribution in [0.25, 0.3) is 5.65 Å². The van der Waals surface area contributed by atoms with E-state index in [4.69, 9.17) is 11.6 Å². The normalized spacial score (nSPS) is 10.8. The molecule has 102 valence electrons. The van der Waals surface area contributed by atoms with Gasteiger partial charge in [-0.25, -0.2) is 0 Å². The van der Waals surface area contributed by atoms with Gasteiger partial charge in [0.05, 0.1) is 0 Å². The summed E-state index contributed by atoms with van der Waals surface area (Å²) in [6, 6.07) is 13.9. The van der Waals surface area contributed by atoms with Gasteiger partial charge >= 0.3 is 0 Å². The Balaban J connectivity index is 1.89. The number of halogens is 1. The van der Waals surface area contributed by atoms with E-state index in [1.807, 2.05) is 30.3 Å². The van der Waals surface area contributed by atoms with E-state index in [0.29, 0.717) is 18.1 Å². The third kappa shape index (κ3) is 2.70. The van der Waals surface area contributed by atoms with Gasteiger partial charge in [0.1, 0.15) is 0 Å². The number of fused-ring (bicyclic) bond motifs is 1. The molecule has 7 heteroatoms. The molecule has 0 aliphatic heterocycles. The van der Waals surface area contributed by atoms with Crippen LogP contribution in [-0.2, 0) is 6.54 Å². The SMILES string of the molecule is ClCCN(Cc1ccccc1)c1ccc2nnnn2n1. The van der Waals surface area contributed by atoms with Crippen molar-refractivity contribution in [3.05, 3.63) is 48.0 Å². The summed E-state index contributed by atoms with van der Waals surface area (Å²) in [6.07, 6.45) is 0. The highest BCUT2D eigenvalue weighted by molar-refractivity contribution is 6.18. The molecule has 2 heterocycles. The molecule has 0 N–H and O–H groups in total. The third-order valence-electron chi connectivity index (χ3n) is 2.95. The van der Waals surface area contributed by atoms with Gasteiger partial charge in [-0.1, -0.05) is 30.3 Å². The van der Waals surface area contributed by atoms with E-state index < -0.39 is 0 Å². The molecule has 3 aromatic rings. The van der Waals surface area contributed by atoms with Gasteiger partial charge in [-0.05, 0) is 28.1 Å². The van der Waals surface area contributed by atoms with Crippen molar-refractivity contribution in [2.75, 3.05) is 17.3 Å². The second kappa shape index (κ2) is 5.83. The summed E-state index contributed by atoms with van der Waals surface area (Å²) in [5.74, 6) is 1.33. The fourth-order valence-electron chi connectivity index (χ4n) is 1.99. The molecule has 2 aromatic heterocycles. The van der Waals surface area contributed by atoms with E-state index in [2.05, 4.69) is 37.7 Å². The zero-order chi connectivity index (χ0) is 13.8. The van der Waals surface area contributed by atoms with E-state index in [1.165, 1.54) is 10.2 Å². The number of hydrogen-bond acceptors (Lipinski definition) is 5. The Morgan fingerprint density at radius 3 is 2.75 bits per heavy atom. The number of nitrogens with zero attached hydrogens (tertiary/aromatic N) is 6. The zero-order valence-corrected chi connectivity index (χ0v) is 11.5. The van der Waals surface area contributed by atoms with Crippen LogP contribution >= 0.6 is 11.6 Å². The summed E-state index contributed by atoms with van der Waals surface area (Å²) in [4.78, 5) is 2.10. The molecule has 6 nitrogen and oxygen atoms in total. The highest BCUT2D eigenvalue weighted by Gasteiger charge is 2.10. The molecule has 20 heavy (non-hydrogen) atoms. The van der Waals surface area contributed by atoms with Crippen molar-refractivity contribution in [2.24, 2.45) is 0 Å². The van der Waals surface area contributed by atoms with E-state index in [-0.39, 0.29) is 0 Å². The van der Waals surface area contributed by atoms with Crippen molar-refractivity contribution in [3.8, 4) is 0 Å². The minimum absolute atomic E-state index is 0.530. The van der Waals surface area contributed by atoms with Gasteiger partial charge in [-0.2, -0.15) is 0 Å². The van der Waals surface area contributed by atoms with Crippen molar-refractivity contribution < 1.29 is 0 Å². The van der Waals surface area contributed by atoms with Gasteiger partial charge < -0.3 is 4.90 Å². The monoisotopic (exact) mass is 288 g/mol. The smallest absolute Gasteiger partial charge is 0.200 e. The minimum Gasteiger partial charge on any atom is -0.350 e. The van der Waals surface area contributed by atoms with Crippen LogP contribution in [0.2, 0.25) is 0 Å². The lowest BCUT2D eigenvalue weighted by atomic mass is 10.2. The second-order valence-electron chi connectivity index (χ2n) is 4.31. The number of rotatable bonds is 5. The topological polar surface area (TPSA) is 59.2 Å². The van der Waals surface area contributed by atoms with Gasteiger partial charge in [0, 0.05) is 19.0 Å². The van der Waals surface area contributed by atoms with Crippen LogP contribution in [0, 0.1) is 0 Å². The predicted molar refractivity (Wildman–Crippen MR) is 76.8 cm³/mol. The predicted octanol–water partition coefficient (Wildman–Crippen LogP) is 1.76. The average molecular weight is 289 g/mol. The molecule has 0 amide bonds. The maximum Gasteiger partial charge on any atom is 0.200 e. The van der Waals surface area contributed by atoms with Crippen molar-refractivity contribution in [1.29, 1.82) is 0 Å². The first-order valence-electron chi connectivity index (χ1n) is 6.27. The Labute approximate surface area is 121 Å². The molecule has 0 aliphatic carbocycles. The summed E-state index contributed by atoms with van der Waals surface area (Å²) in [7, 11) is 0. The summed E-state index contributed by atoms with van der Waals surface area (Å²) in [5, 5.41) is 15.6. The molecular formula is C13H13ClN6. The molecule has 0 aliphatic rings. The number of anilines is 1. The number of alkyl halides is 1. The van der Waals surface area contributed by atoms with Gasteiger partial charge in [0.25, 0.3) is 0 Å². The maximum absolute atomic E-state index is 5.89. The molecular weight excluding hydrogens is 276 g/mol. The molecule has 0 radical (unpaired) electrons. The molecule has 0 unspecified atom stereocenters. The van der Waals surface area contributed by atoms with Crippen LogP contribution in [0.15, 0.2) is 42.5 Å². The lowest BCUT2D eigenvalue weighted by Crippen LogP contribution is -2.26. The van der Waals surface area contributed by atoms with Crippen LogP contribution < -0.4 is 4.90 Å². The van der Waals surface area contributed by atoms with E-state index in [0.717, 1.165) is 12.4 Å². The summed E-state index contributed by atoms with van der Waals surface area (Å²) in [6.45, 7) is 1.45. The first kappa shape index (κ1) is 12.8. The summed E-state index contributed by atoms with van der Waals surface area (Å²) in [5.41, 5.74) is 1.83. The lowest BCUT2D eigenvalue weighted by Gasteiger charge is -2.22. The average Bonchev–Trinajstić information content (AvgIpc) is 2.95. The number of hydrogen-bond donors (Lipinski definition) is 0. The minimum atomic E-state index is 0.530. The second-order valence-corrected chi connectivity index (χ2v) is 4.69. The number of benzene rings is 1. The van der Waals surface area contributed by atoms with Crippen molar-refractivity contribution in [1.82, 2.24) is 25.3 Å². The molecule has 0 fully saturated rings. The van der Waals surface area contributed by atoms with Crippen LogP contribution in [0.4, 0.5) is 5.82 Å². The molecule has 0 saturated heterocycles. The maximum atomic E-state index is 5.89. The Morgan fingerprint density at radius 1 is 1.10 bits per heavy atom. The first-order chi connectivity index (χ1) is 9.86. The van der Waals surface area contributed by atoms with Gasteiger partial charge in [-0.3, -0.25) is 0 Å². The summed E-state index contributed by atoms with van der Waals surface area (Å²) >= 11 is 5.89. The molecule has 3 rings (SSSR count). The molecule has 0 saturated carbocycles. The molecule has 1 aromatic carbocycles. The van der Waals surface area contributed by atoms with E-state index in [1.54, 1.807) is 0 Å².